The number of alkyl halides is 3. The third-order valence-electron chi connectivity index (χ3n) is 2.73. The van der Waals surface area contributed by atoms with Crippen LogP contribution in [0.15, 0.2) is 12.3 Å². The molecule has 18 heavy (non-hydrogen) atoms. The summed E-state index contributed by atoms with van der Waals surface area (Å²) < 4.78 is 44.1. The van der Waals surface area contributed by atoms with Gasteiger partial charge in [0.1, 0.15) is 11.4 Å². The summed E-state index contributed by atoms with van der Waals surface area (Å²) in [4.78, 5) is 5.41. The molecule has 2 rings (SSSR count). The Morgan fingerprint density at radius 1 is 1.50 bits per heavy atom. The molecule has 1 aromatic rings. The number of nitrogens with two attached hydrogens (primary N) is 1. The van der Waals surface area contributed by atoms with Crippen molar-refractivity contribution in [1.29, 1.82) is 0 Å². The zero-order valence-electron chi connectivity index (χ0n) is 9.87. The molecule has 1 aromatic heterocycles. The molecule has 4 nitrogen and oxygen atoms in total. The van der Waals surface area contributed by atoms with E-state index in [0.717, 1.165) is 6.07 Å². The Hall–Kier alpha value is -1.50. The number of hydrogen-bond donors (Lipinski definition) is 1. The molecule has 0 radical (unpaired) electrons. The summed E-state index contributed by atoms with van der Waals surface area (Å²) in [5.74, 6) is -0.0770. The van der Waals surface area contributed by atoms with Crippen molar-refractivity contribution in [2.24, 2.45) is 0 Å². The molecule has 2 N–H and O–H groups in total. The minimum Gasteiger partial charge on any atom is -0.397 e. The van der Waals surface area contributed by atoms with Gasteiger partial charge < -0.3 is 15.4 Å². The fourth-order valence-corrected chi connectivity index (χ4v) is 1.95. The van der Waals surface area contributed by atoms with Crippen LogP contribution in [-0.2, 0) is 10.9 Å². The van der Waals surface area contributed by atoms with E-state index in [2.05, 4.69) is 4.98 Å². The molecule has 2 heterocycles. The van der Waals surface area contributed by atoms with Crippen molar-refractivity contribution in [3.05, 3.63) is 17.8 Å². The molecule has 0 aliphatic carbocycles. The first-order chi connectivity index (χ1) is 8.38. The minimum atomic E-state index is -4.46. The Bertz CT molecular complexity index is 436. The van der Waals surface area contributed by atoms with Crippen LogP contribution in [0.1, 0.15) is 12.5 Å². The molecule has 1 atom stereocenters. The average molecular weight is 261 g/mol. The molecule has 0 saturated carbocycles. The predicted molar refractivity (Wildman–Crippen MR) is 61.3 cm³/mol. The Kier molecular flexibility index (Phi) is 3.34. The molecule has 0 unspecified atom stereocenters. The largest absolute Gasteiger partial charge is 0.420 e. The van der Waals surface area contributed by atoms with Crippen LogP contribution in [0.3, 0.4) is 0 Å². The predicted octanol–water partition coefficient (Wildman–Crippen LogP) is 1.91. The normalized spacial score (nSPS) is 21.1. The zero-order valence-corrected chi connectivity index (χ0v) is 9.87. The minimum absolute atomic E-state index is 0.00684. The SMILES string of the molecule is C[C@H]1CN(c2ncc(N)cc2C(F)(F)F)CCO1. The first-order valence-corrected chi connectivity index (χ1v) is 5.57. The third kappa shape index (κ3) is 2.66. The number of halogens is 3. The van der Waals surface area contributed by atoms with Gasteiger partial charge >= 0.3 is 6.18 Å². The van der Waals surface area contributed by atoms with Crippen LogP contribution in [0.2, 0.25) is 0 Å². The maximum Gasteiger partial charge on any atom is 0.420 e. The van der Waals surface area contributed by atoms with Crippen molar-refractivity contribution in [2.75, 3.05) is 30.3 Å². The lowest BCUT2D eigenvalue weighted by Crippen LogP contribution is -2.42. The van der Waals surface area contributed by atoms with Crippen molar-refractivity contribution >= 4 is 11.5 Å². The highest BCUT2D eigenvalue weighted by molar-refractivity contribution is 5.55. The van der Waals surface area contributed by atoms with Crippen molar-refractivity contribution in [1.82, 2.24) is 4.98 Å². The van der Waals surface area contributed by atoms with Gasteiger partial charge in [0.25, 0.3) is 0 Å². The molecule has 0 amide bonds. The second-order valence-electron chi connectivity index (χ2n) is 4.27. The molecule has 0 spiro atoms. The average Bonchev–Trinajstić information content (AvgIpc) is 2.27. The van der Waals surface area contributed by atoms with Crippen LogP contribution in [-0.4, -0.2) is 30.8 Å². The van der Waals surface area contributed by atoms with Gasteiger partial charge in [0.15, 0.2) is 0 Å². The number of nitrogens with zero attached hydrogens (tertiary/aromatic N) is 2. The van der Waals surface area contributed by atoms with Crippen LogP contribution < -0.4 is 10.6 Å². The Morgan fingerprint density at radius 3 is 2.83 bits per heavy atom. The highest BCUT2D eigenvalue weighted by atomic mass is 19.4. The van der Waals surface area contributed by atoms with Gasteiger partial charge in [-0.2, -0.15) is 13.2 Å². The van der Waals surface area contributed by atoms with Gasteiger partial charge in [0, 0.05) is 13.1 Å². The second-order valence-corrected chi connectivity index (χ2v) is 4.27. The summed E-state index contributed by atoms with van der Waals surface area (Å²) in [6, 6.07) is 0.919. The van der Waals surface area contributed by atoms with E-state index >= 15 is 0 Å². The number of anilines is 2. The Balaban J connectivity index is 2.37. The first-order valence-electron chi connectivity index (χ1n) is 5.57. The number of morpholine rings is 1. The van der Waals surface area contributed by atoms with E-state index in [1.807, 2.05) is 6.92 Å². The van der Waals surface area contributed by atoms with Gasteiger partial charge in [0.2, 0.25) is 0 Å². The fraction of sp³-hybridized carbons (Fsp3) is 0.545. The molecule has 0 bridgehead atoms. The van der Waals surface area contributed by atoms with Gasteiger partial charge in [-0.3, -0.25) is 0 Å². The number of hydrogen-bond acceptors (Lipinski definition) is 4. The number of rotatable bonds is 1. The smallest absolute Gasteiger partial charge is 0.397 e. The maximum absolute atomic E-state index is 12.9. The highest BCUT2D eigenvalue weighted by Gasteiger charge is 2.36. The zero-order chi connectivity index (χ0) is 13.3. The standard InChI is InChI=1S/C11H14F3N3O/c1-7-6-17(2-3-18-7)10-9(11(12,13)14)4-8(15)5-16-10/h4-5,7H,2-3,6,15H2,1H3/t7-/m0/s1. The molecule has 1 aliphatic heterocycles. The van der Waals surface area contributed by atoms with Crippen molar-refractivity contribution in [2.45, 2.75) is 19.2 Å². The van der Waals surface area contributed by atoms with Crippen molar-refractivity contribution in [3.63, 3.8) is 0 Å². The van der Waals surface area contributed by atoms with Crippen LogP contribution in [0.25, 0.3) is 0 Å². The molecule has 0 aromatic carbocycles. The highest BCUT2D eigenvalue weighted by Crippen LogP contribution is 2.36. The van der Waals surface area contributed by atoms with Crippen LogP contribution in [0.4, 0.5) is 24.7 Å². The summed E-state index contributed by atoms with van der Waals surface area (Å²) >= 11 is 0. The summed E-state index contributed by atoms with van der Waals surface area (Å²) in [6.45, 7) is 2.99. The fourth-order valence-electron chi connectivity index (χ4n) is 1.95. The van der Waals surface area contributed by atoms with E-state index in [4.69, 9.17) is 10.5 Å². The quantitative estimate of drug-likeness (QED) is 0.839. The summed E-state index contributed by atoms with van der Waals surface area (Å²) in [5, 5.41) is 0. The molecule has 7 heteroatoms. The van der Waals surface area contributed by atoms with E-state index < -0.39 is 11.7 Å². The first kappa shape index (κ1) is 12.9. The van der Waals surface area contributed by atoms with Gasteiger partial charge in [0.05, 0.1) is 24.6 Å². The molecule has 1 saturated heterocycles. The van der Waals surface area contributed by atoms with Crippen LogP contribution in [0.5, 0.6) is 0 Å². The van der Waals surface area contributed by atoms with E-state index in [1.54, 1.807) is 4.90 Å². The maximum atomic E-state index is 12.9. The van der Waals surface area contributed by atoms with E-state index in [-0.39, 0.29) is 17.6 Å². The lowest BCUT2D eigenvalue weighted by atomic mass is 10.2. The van der Waals surface area contributed by atoms with E-state index in [9.17, 15) is 13.2 Å². The third-order valence-corrected chi connectivity index (χ3v) is 2.73. The monoisotopic (exact) mass is 261 g/mol. The van der Waals surface area contributed by atoms with Crippen LogP contribution in [0, 0.1) is 0 Å². The Morgan fingerprint density at radius 2 is 2.22 bits per heavy atom. The molecule has 100 valence electrons. The number of nitrogen functional groups attached to an aromatic ring is 1. The van der Waals surface area contributed by atoms with E-state index in [1.165, 1.54) is 6.20 Å². The van der Waals surface area contributed by atoms with Gasteiger partial charge in [-0.1, -0.05) is 0 Å². The number of ether oxygens (including phenoxy) is 1. The van der Waals surface area contributed by atoms with Crippen LogP contribution >= 0.6 is 0 Å². The van der Waals surface area contributed by atoms with Gasteiger partial charge in [-0.25, -0.2) is 4.98 Å². The van der Waals surface area contributed by atoms with Gasteiger partial charge in [-0.15, -0.1) is 0 Å². The van der Waals surface area contributed by atoms with E-state index in [0.29, 0.717) is 19.7 Å². The van der Waals surface area contributed by atoms with Gasteiger partial charge in [-0.05, 0) is 13.0 Å². The molecular formula is C11H14F3N3O. The van der Waals surface area contributed by atoms with Crippen molar-refractivity contribution in [3.8, 4) is 0 Å². The Labute approximate surface area is 103 Å². The van der Waals surface area contributed by atoms with Crippen molar-refractivity contribution < 1.29 is 17.9 Å². The lowest BCUT2D eigenvalue weighted by molar-refractivity contribution is -0.137. The second kappa shape index (κ2) is 4.64. The molecule has 1 aliphatic rings. The summed E-state index contributed by atoms with van der Waals surface area (Å²) in [7, 11) is 0. The molecular weight excluding hydrogens is 247 g/mol. The lowest BCUT2D eigenvalue weighted by Gasteiger charge is -2.33. The molecule has 1 fully saturated rings. The number of aromatic nitrogens is 1. The number of pyridine rings is 1. The topological polar surface area (TPSA) is 51.4 Å². The summed E-state index contributed by atoms with van der Waals surface area (Å²) in [6.07, 6.45) is -3.33. The summed E-state index contributed by atoms with van der Waals surface area (Å²) in [5.41, 5.74) is 4.59.